The summed E-state index contributed by atoms with van der Waals surface area (Å²) in [4.78, 5) is 12.1. The maximum atomic E-state index is 13.1. The molecule has 0 atom stereocenters. The quantitative estimate of drug-likeness (QED) is 0.796. The first-order valence-corrected chi connectivity index (χ1v) is 6.19. The van der Waals surface area contributed by atoms with E-state index in [9.17, 15) is 13.6 Å². The molecule has 104 valence electrons. The molecule has 0 N–H and O–H groups in total. The fourth-order valence-electron chi connectivity index (χ4n) is 1.78. The van der Waals surface area contributed by atoms with Crippen molar-refractivity contribution in [3.8, 4) is 5.75 Å². The molecule has 0 saturated carbocycles. The van der Waals surface area contributed by atoms with E-state index in [1.807, 2.05) is 0 Å². The Kier molecular flexibility index (Phi) is 4.35. The molecule has 0 spiro atoms. The molecule has 0 bridgehead atoms. The Morgan fingerprint density at radius 2 is 1.90 bits per heavy atom. The van der Waals surface area contributed by atoms with Crippen LogP contribution in [0, 0.1) is 11.6 Å². The molecule has 0 radical (unpaired) electrons. The number of benzene rings is 2. The smallest absolute Gasteiger partial charge is 0.168 e. The summed E-state index contributed by atoms with van der Waals surface area (Å²) in [6.07, 6.45) is -0.0523. The third kappa shape index (κ3) is 3.14. The molecule has 0 aliphatic heterocycles. The number of rotatable bonds is 4. The summed E-state index contributed by atoms with van der Waals surface area (Å²) >= 11 is 5.99. The highest BCUT2D eigenvalue weighted by Gasteiger charge is 2.13. The molecule has 2 rings (SSSR count). The average Bonchev–Trinajstić information content (AvgIpc) is 2.42. The largest absolute Gasteiger partial charge is 0.497 e. The highest BCUT2D eigenvalue weighted by atomic mass is 35.5. The topological polar surface area (TPSA) is 26.3 Å². The van der Waals surface area contributed by atoms with Gasteiger partial charge < -0.3 is 4.74 Å². The second-order valence-electron chi connectivity index (χ2n) is 4.19. The van der Waals surface area contributed by atoms with Crippen molar-refractivity contribution in [2.24, 2.45) is 0 Å². The second kappa shape index (κ2) is 6.01. The van der Waals surface area contributed by atoms with Gasteiger partial charge in [0, 0.05) is 12.0 Å². The number of hydrogen-bond donors (Lipinski definition) is 0. The third-order valence-corrected chi connectivity index (χ3v) is 3.14. The fraction of sp³-hybridized carbons (Fsp3) is 0.133. The normalized spacial score (nSPS) is 10.4. The molecule has 0 heterocycles. The fourth-order valence-corrected chi connectivity index (χ4v) is 2.06. The van der Waals surface area contributed by atoms with Crippen LogP contribution in [-0.2, 0) is 6.42 Å². The molecule has 0 saturated heterocycles. The number of ketones is 1. The van der Waals surface area contributed by atoms with Crippen molar-refractivity contribution in [3.63, 3.8) is 0 Å². The molecular formula is C15H11ClF2O2. The Morgan fingerprint density at radius 3 is 2.50 bits per heavy atom. The van der Waals surface area contributed by atoms with E-state index in [1.165, 1.54) is 19.2 Å². The Balaban J connectivity index is 2.21. The zero-order valence-corrected chi connectivity index (χ0v) is 11.4. The van der Waals surface area contributed by atoms with E-state index in [-0.39, 0.29) is 17.2 Å². The lowest BCUT2D eigenvalue weighted by Gasteiger charge is -2.06. The molecule has 2 aromatic rings. The van der Waals surface area contributed by atoms with Crippen LogP contribution in [-0.4, -0.2) is 12.9 Å². The summed E-state index contributed by atoms with van der Waals surface area (Å²) in [6, 6.07) is 8.06. The van der Waals surface area contributed by atoms with Gasteiger partial charge in [0.2, 0.25) is 0 Å². The number of Topliss-reactive ketones (excluding diaryl/α,β-unsaturated/α-hetero) is 1. The van der Waals surface area contributed by atoms with E-state index in [0.29, 0.717) is 16.9 Å². The van der Waals surface area contributed by atoms with Gasteiger partial charge in [-0.15, -0.1) is 0 Å². The molecule has 0 aliphatic carbocycles. The zero-order valence-electron chi connectivity index (χ0n) is 10.6. The van der Waals surface area contributed by atoms with Gasteiger partial charge in [-0.05, 0) is 35.9 Å². The van der Waals surface area contributed by atoms with Gasteiger partial charge in [0.15, 0.2) is 17.4 Å². The lowest BCUT2D eigenvalue weighted by atomic mass is 10.0. The summed E-state index contributed by atoms with van der Waals surface area (Å²) < 4.78 is 30.9. The van der Waals surface area contributed by atoms with E-state index in [4.69, 9.17) is 16.3 Å². The minimum absolute atomic E-state index is 0.0523. The van der Waals surface area contributed by atoms with Crippen LogP contribution < -0.4 is 4.74 Å². The van der Waals surface area contributed by atoms with E-state index >= 15 is 0 Å². The highest BCUT2D eigenvalue weighted by Crippen LogP contribution is 2.24. The molecular weight excluding hydrogens is 286 g/mol. The van der Waals surface area contributed by atoms with Crippen LogP contribution in [0.25, 0.3) is 0 Å². The Labute approximate surface area is 119 Å². The molecule has 0 unspecified atom stereocenters. The van der Waals surface area contributed by atoms with Crippen LogP contribution in [0.3, 0.4) is 0 Å². The van der Waals surface area contributed by atoms with Crippen molar-refractivity contribution >= 4 is 17.4 Å². The van der Waals surface area contributed by atoms with Crippen molar-refractivity contribution in [1.82, 2.24) is 0 Å². The predicted octanol–water partition coefficient (Wildman–Crippen LogP) is 4.05. The van der Waals surface area contributed by atoms with Crippen molar-refractivity contribution in [3.05, 3.63) is 64.2 Å². The van der Waals surface area contributed by atoms with Gasteiger partial charge >= 0.3 is 0 Å². The van der Waals surface area contributed by atoms with Crippen LogP contribution >= 0.6 is 11.6 Å². The van der Waals surface area contributed by atoms with Gasteiger partial charge in [0.05, 0.1) is 12.1 Å². The number of carbonyl (C=O) groups is 1. The maximum absolute atomic E-state index is 13.1. The monoisotopic (exact) mass is 296 g/mol. The van der Waals surface area contributed by atoms with Crippen molar-refractivity contribution in [2.45, 2.75) is 6.42 Å². The van der Waals surface area contributed by atoms with Crippen LogP contribution in [0.5, 0.6) is 5.75 Å². The summed E-state index contributed by atoms with van der Waals surface area (Å²) in [5.74, 6) is -1.65. The van der Waals surface area contributed by atoms with Crippen LogP contribution in [0.15, 0.2) is 36.4 Å². The molecule has 20 heavy (non-hydrogen) atoms. The van der Waals surface area contributed by atoms with Gasteiger partial charge in [-0.25, -0.2) is 8.78 Å². The van der Waals surface area contributed by atoms with Crippen LogP contribution in [0.4, 0.5) is 8.78 Å². The first-order valence-electron chi connectivity index (χ1n) is 5.82. The Bertz CT molecular complexity index is 656. The lowest BCUT2D eigenvalue weighted by Crippen LogP contribution is -2.05. The molecule has 0 amide bonds. The third-order valence-electron chi connectivity index (χ3n) is 2.83. The molecule has 5 heteroatoms. The standard InChI is InChI=1S/C15H11ClF2O2/c1-20-10-3-4-11(12(16)8-10)15(19)7-9-2-5-13(17)14(18)6-9/h2-6,8H,7H2,1H3. The number of halogens is 3. The van der Waals surface area contributed by atoms with Gasteiger partial charge in [-0.2, -0.15) is 0 Å². The Hall–Kier alpha value is -1.94. The first-order chi connectivity index (χ1) is 9.51. The van der Waals surface area contributed by atoms with E-state index in [2.05, 4.69) is 0 Å². The zero-order chi connectivity index (χ0) is 14.7. The van der Waals surface area contributed by atoms with E-state index in [1.54, 1.807) is 12.1 Å². The van der Waals surface area contributed by atoms with Crippen molar-refractivity contribution < 1.29 is 18.3 Å². The number of ether oxygens (including phenoxy) is 1. The maximum Gasteiger partial charge on any atom is 0.168 e. The van der Waals surface area contributed by atoms with E-state index < -0.39 is 11.6 Å². The van der Waals surface area contributed by atoms with E-state index in [0.717, 1.165) is 12.1 Å². The summed E-state index contributed by atoms with van der Waals surface area (Å²) in [5.41, 5.74) is 0.706. The average molecular weight is 297 g/mol. The molecule has 0 aliphatic rings. The number of hydrogen-bond acceptors (Lipinski definition) is 2. The molecule has 2 nitrogen and oxygen atoms in total. The Morgan fingerprint density at radius 1 is 1.15 bits per heavy atom. The molecule has 2 aromatic carbocycles. The van der Waals surface area contributed by atoms with Crippen molar-refractivity contribution in [2.75, 3.05) is 7.11 Å². The van der Waals surface area contributed by atoms with Gasteiger partial charge in [0.25, 0.3) is 0 Å². The van der Waals surface area contributed by atoms with Gasteiger partial charge in [-0.3, -0.25) is 4.79 Å². The number of methoxy groups -OCH3 is 1. The van der Waals surface area contributed by atoms with Gasteiger partial charge in [-0.1, -0.05) is 17.7 Å². The molecule has 0 aromatic heterocycles. The minimum atomic E-state index is -0.976. The SMILES string of the molecule is COc1ccc(C(=O)Cc2ccc(F)c(F)c2)c(Cl)c1. The molecule has 0 fully saturated rings. The highest BCUT2D eigenvalue weighted by molar-refractivity contribution is 6.34. The summed E-state index contributed by atoms with van der Waals surface area (Å²) in [5, 5.41) is 0.261. The van der Waals surface area contributed by atoms with Crippen LogP contribution in [0.1, 0.15) is 15.9 Å². The second-order valence-corrected chi connectivity index (χ2v) is 4.60. The van der Waals surface area contributed by atoms with Crippen LogP contribution in [0.2, 0.25) is 5.02 Å². The summed E-state index contributed by atoms with van der Waals surface area (Å²) in [7, 11) is 1.49. The predicted molar refractivity (Wildman–Crippen MR) is 72.4 cm³/mol. The number of carbonyl (C=O) groups excluding carboxylic acids is 1. The lowest BCUT2D eigenvalue weighted by molar-refractivity contribution is 0.0993. The first kappa shape index (κ1) is 14.5. The van der Waals surface area contributed by atoms with Crippen molar-refractivity contribution in [1.29, 1.82) is 0 Å². The van der Waals surface area contributed by atoms with Gasteiger partial charge in [0.1, 0.15) is 5.75 Å². The summed E-state index contributed by atoms with van der Waals surface area (Å²) in [6.45, 7) is 0. The minimum Gasteiger partial charge on any atom is -0.497 e.